The summed E-state index contributed by atoms with van der Waals surface area (Å²) < 4.78 is 38.0. The molecule has 0 saturated heterocycles. The van der Waals surface area contributed by atoms with Crippen molar-refractivity contribution in [1.82, 2.24) is 9.97 Å². The van der Waals surface area contributed by atoms with E-state index >= 15 is 0 Å². The van der Waals surface area contributed by atoms with Crippen molar-refractivity contribution in [3.8, 4) is 0 Å². The predicted molar refractivity (Wildman–Crippen MR) is 89.1 cm³/mol. The monoisotopic (exact) mass is 336 g/mol. The van der Waals surface area contributed by atoms with Gasteiger partial charge in [-0.3, -0.25) is 0 Å². The number of halogens is 3. The second-order valence-electron chi connectivity index (χ2n) is 6.10. The van der Waals surface area contributed by atoms with Crippen LogP contribution in [0.15, 0.2) is 30.3 Å². The maximum absolute atomic E-state index is 12.7. The van der Waals surface area contributed by atoms with E-state index < -0.39 is 17.2 Å². The van der Waals surface area contributed by atoms with E-state index in [0.717, 1.165) is 17.7 Å². The molecule has 0 amide bonds. The van der Waals surface area contributed by atoms with Gasteiger partial charge in [0.05, 0.1) is 11.3 Å². The Hall–Kier alpha value is -2.57. The largest absolute Gasteiger partial charge is 0.416 e. The zero-order chi connectivity index (χ0) is 18.1. The summed E-state index contributed by atoms with van der Waals surface area (Å²) in [6, 6.07) is 5.11. The third-order valence-electron chi connectivity index (χ3n) is 3.81. The highest BCUT2D eigenvalue weighted by molar-refractivity contribution is 5.65. The molecule has 7 heteroatoms. The lowest BCUT2D eigenvalue weighted by Gasteiger charge is -2.22. The molecule has 0 aliphatic heterocycles. The normalized spacial score (nSPS) is 12.8. The van der Waals surface area contributed by atoms with E-state index in [2.05, 4.69) is 9.97 Å². The minimum atomic E-state index is -4.34. The van der Waals surface area contributed by atoms with Gasteiger partial charge in [0.25, 0.3) is 0 Å². The van der Waals surface area contributed by atoms with Crippen LogP contribution in [0.25, 0.3) is 6.08 Å². The van der Waals surface area contributed by atoms with Gasteiger partial charge in [-0.15, -0.1) is 0 Å². The fourth-order valence-electron chi connectivity index (χ4n) is 2.31. The standard InChI is InChI=1S/C17H19F3N4/c1-10-13(14(21)24-15(22)23-10)8-9-16(2,3)11-4-6-12(7-5-11)17(18,19)20/h4-9H,1-3H3,(H4,21,22,23,24). The molecule has 0 saturated carbocycles. The van der Waals surface area contributed by atoms with Crippen molar-refractivity contribution < 1.29 is 13.2 Å². The van der Waals surface area contributed by atoms with Crippen molar-refractivity contribution >= 4 is 17.8 Å². The van der Waals surface area contributed by atoms with Crippen molar-refractivity contribution in [1.29, 1.82) is 0 Å². The van der Waals surface area contributed by atoms with Gasteiger partial charge >= 0.3 is 6.18 Å². The lowest BCUT2D eigenvalue weighted by atomic mass is 9.83. The smallest absolute Gasteiger partial charge is 0.383 e. The first-order valence-electron chi connectivity index (χ1n) is 7.27. The first-order chi connectivity index (χ1) is 11.0. The SMILES string of the molecule is Cc1nc(N)nc(N)c1C=CC(C)(C)c1ccc(C(F)(F)F)cc1. The molecule has 0 spiro atoms. The van der Waals surface area contributed by atoms with Crippen LogP contribution >= 0.6 is 0 Å². The molecule has 0 aliphatic rings. The molecule has 128 valence electrons. The average Bonchev–Trinajstić information content (AvgIpc) is 2.45. The molecule has 0 unspecified atom stereocenters. The highest BCUT2D eigenvalue weighted by Gasteiger charge is 2.30. The average molecular weight is 336 g/mol. The van der Waals surface area contributed by atoms with E-state index in [-0.39, 0.29) is 11.8 Å². The number of hydrogen-bond donors (Lipinski definition) is 2. The van der Waals surface area contributed by atoms with Crippen LogP contribution in [-0.2, 0) is 11.6 Å². The lowest BCUT2D eigenvalue weighted by molar-refractivity contribution is -0.137. The molecular weight excluding hydrogens is 317 g/mol. The third kappa shape index (κ3) is 3.84. The predicted octanol–water partition coefficient (Wildman–Crippen LogP) is 3.96. The number of aryl methyl sites for hydroxylation is 1. The second-order valence-corrected chi connectivity index (χ2v) is 6.10. The molecule has 2 rings (SSSR count). The van der Waals surface area contributed by atoms with Crippen molar-refractivity contribution in [2.24, 2.45) is 0 Å². The van der Waals surface area contributed by atoms with E-state index in [9.17, 15) is 13.2 Å². The molecule has 4 nitrogen and oxygen atoms in total. The number of hydrogen-bond acceptors (Lipinski definition) is 4. The third-order valence-corrected chi connectivity index (χ3v) is 3.81. The topological polar surface area (TPSA) is 77.8 Å². The van der Waals surface area contributed by atoms with Gasteiger partial charge in [-0.1, -0.05) is 38.1 Å². The molecule has 0 radical (unpaired) electrons. The molecule has 4 N–H and O–H groups in total. The minimum Gasteiger partial charge on any atom is -0.383 e. The maximum Gasteiger partial charge on any atom is 0.416 e. The number of rotatable bonds is 3. The minimum absolute atomic E-state index is 0.101. The quantitative estimate of drug-likeness (QED) is 0.889. The molecular formula is C17H19F3N4. The van der Waals surface area contributed by atoms with E-state index in [1.54, 1.807) is 13.0 Å². The highest BCUT2D eigenvalue weighted by Crippen LogP contribution is 2.32. The Morgan fingerprint density at radius 1 is 0.958 bits per heavy atom. The van der Waals surface area contributed by atoms with E-state index in [4.69, 9.17) is 11.5 Å². The van der Waals surface area contributed by atoms with Crippen LogP contribution in [0, 0.1) is 6.92 Å². The molecule has 24 heavy (non-hydrogen) atoms. The number of benzene rings is 1. The summed E-state index contributed by atoms with van der Waals surface area (Å²) in [6.07, 6.45) is -0.721. The van der Waals surface area contributed by atoms with Crippen molar-refractivity contribution in [2.45, 2.75) is 32.4 Å². The van der Waals surface area contributed by atoms with Gasteiger partial charge in [-0.05, 0) is 24.6 Å². The Morgan fingerprint density at radius 2 is 1.50 bits per heavy atom. The number of aromatic nitrogens is 2. The van der Waals surface area contributed by atoms with Gasteiger partial charge in [0, 0.05) is 11.0 Å². The molecule has 1 heterocycles. The summed E-state index contributed by atoms with van der Waals surface area (Å²) in [5, 5.41) is 0. The number of nitrogens with zero attached hydrogens (tertiary/aromatic N) is 2. The van der Waals surface area contributed by atoms with Crippen molar-refractivity contribution in [3.05, 3.63) is 52.7 Å². The Bertz CT molecular complexity index is 739. The zero-order valence-corrected chi connectivity index (χ0v) is 13.6. The van der Waals surface area contributed by atoms with E-state index in [0.29, 0.717) is 11.3 Å². The second kappa shape index (κ2) is 6.14. The first-order valence-corrected chi connectivity index (χ1v) is 7.27. The molecule has 0 aliphatic carbocycles. The summed E-state index contributed by atoms with van der Waals surface area (Å²) in [5.74, 6) is 0.364. The lowest BCUT2D eigenvalue weighted by Crippen LogP contribution is -2.14. The van der Waals surface area contributed by atoms with Gasteiger partial charge in [-0.25, -0.2) is 4.98 Å². The summed E-state index contributed by atoms with van der Waals surface area (Å²) in [7, 11) is 0. The number of alkyl halides is 3. The summed E-state index contributed by atoms with van der Waals surface area (Å²) in [5.41, 5.74) is 12.2. The highest BCUT2D eigenvalue weighted by atomic mass is 19.4. The Labute approximate surface area is 138 Å². The summed E-state index contributed by atoms with van der Waals surface area (Å²) in [4.78, 5) is 7.97. The number of nitrogens with two attached hydrogens (primary N) is 2. The van der Waals surface area contributed by atoms with Gasteiger partial charge in [0.2, 0.25) is 5.95 Å². The Morgan fingerprint density at radius 3 is 2.00 bits per heavy atom. The molecule has 1 aromatic heterocycles. The Kier molecular flexibility index (Phi) is 4.55. The molecule has 1 aromatic carbocycles. The van der Waals surface area contributed by atoms with E-state index in [1.807, 2.05) is 19.9 Å². The van der Waals surface area contributed by atoms with Crippen molar-refractivity contribution in [2.75, 3.05) is 11.5 Å². The van der Waals surface area contributed by atoms with Crippen LogP contribution < -0.4 is 11.5 Å². The number of nitrogen functional groups attached to an aromatic ring is 2. The van der Waals surface area contributed by atoms with Crippen LogP contribution in [0.4, 0.5) is 24.9 Å². The zero-order valence-electron chi connectivity index (χ0n) is 13.6. The Balaban J connectivity index is 2.31. The summed E-state index contributed by atoms with van der Waals surface area (Å²) >= 11 is 0. The number of anilines is 2. The maximum atomic E-state index is 12.7. The molecule has 0 atom stereocenters. The molecule has 2 aromatic rings. The van der Waals surface area contributed by atoms with Crippen LogP contribution in [0.1, 0.15) is 36.2 Å². The van der Waals surface area contributed by atoms with Crippen LogP contribution in [0.5, 0.6) is 0 Å². The molecule has 0 bridgehead atoms. The first kappa shape index (κ1) is 17.8. The van der Waals surface area contributed by atoms with Gasteiger partial charge < -0.3 is 11.5 Å². The van der Waals surface area contributed by atoms with Crippen molar-refractivity contribution in [3.63, 3.8) is 0 Å². The van der Waals surface area contributed by atoms with Gasteiger partial charge in [0.15, 0.2) is 0 Å². The van der Waals surface area contributed by atoms with Crippen LogP contribution in [0.3, 0.4) is 0 Å². The van der Waals surface area contributed by atoms with E-state index in [1.165, 1.54) is 12.1 Å². The fourth-order valence-corrected chi connectivity index (χ4v) is 2.31. The summed E-state index contributed by atoms with van der Waals surface area (Å²) in [6.45, 7) is 5.56. The fraction of sp³-hybridized carbons (Fsp3) is 0.294. The van der Waals surface area contributed by atoms with Crippen LogP contribution in [-0.4, -0.2) is 9.97 Å². The van der Waals surface area contributed by atoms with Gasteiger partial charge in [-0.2, -0.15) is 18.2 Å². The number of allylic oxidation sites excluding steroid dienone is 1. The van der Waals surface area contributed by atoms with Crippen LogP contribution in [0.2, 0.25) is 0 Å². The molecule has 0 fully saturated rings. The van der Waals surface area contributed by atoms with Gasteiger partial charge in [0.1, 0.15) is 5.82 Å².